The zero-order valence-corrected chi connectivity index (χ0v) is 15.5. The second-order valence-corrected chi connectivity index (χ2v) is 7.44. The van der Waals surface area contributed by atoms with Crippen LogP contribution in [-0.2, 0) is 16.1 Å². The van der Waals surface area contributed by atoms with Gasteiger partial charge in [-0.1, -0.05) is 19.3 Å². The van der Waals surface area contributed by atoms with Gasteiger partial charge in [0, 0.05) is 44.3 Å². The quantitative estimate of drug-likeness (QED) is 0.821. The Hall–Kier alpha value is -1.95. The molecule has 1 saturated carbocycles. The highest BCUT2D eigenvalue weighted by molar-refractivity contribution is 5.79. The molecule has 1 N–H and O–H groups in total. The third-order valence-electron chi connectivity index (χ3n) is 5.73. The molecule has 1 saturated heterocycles. The number of anilines is 1. The van der Waals surface area contributed by atoms with Crippen molar-refractivity contribution < 1.29 is 14.0 Å². The van der Waals surface area contributed by atoms with Crippen LogP contribution in [0.5, 0.6) is 0 Å². The van der Waals surface area contributed by atoms with Crippen LogP contribution >= 0.6 is 0 Å². The highest BCUT2D eigenvalue weighted by Crippen LogP contribution is 2.26. The Balaban J connectivity index is 1.57. The number of nitrogens with one attached hydrogen (secondary N) is 1. The minimum Gasteiger partial charge on any atom is -0.340 e. The number of carbonyl (C=O) groups excluding carboxylic acids is 2. The summed E-state index contributed by atoms with van der Waals surface area (Å²) in [5.74, 6) is 0.197. The van der Waals surface area contributed by atoms with Crippen LogP contribution in [0.25, 0.3) is 0 Å². The predicted molar refractivity (Wildman–Crippen MR) is 99.3 cm³/mol. The molecule has 0 bridgehead atoms. The van der Waals surface area contributed by atoms with E-state index in [1.165, 1.54) is 31.4 Å². The van der Waals surface area contributed by atoms with E-state index in [2.05, 4.69) is 10.2 Å². The third kappa shape index (κ3) is 4.41. The molecule has 2 fully saturated rings. The topological polar surface area (TPSA) is 52.6 Å². The maximum atomic E-state index is 13.8. The first-order valence-electron chi connectivity index (χ1n) is 9.59. The monoisotopic (exact) mass is 361 g/mol. The summed E-state index contributed by atoms with van der Waals surface area (Å²) in [6.07, 6.45) is 6.24. The van der Waals surface area contributed by atoms with Gasteiger partial charge in [0.25, 0.3) is 0 Å². The lowest BCUT2D eigenvalue weighted by molar-refractivity contribution is -0.138. The number of hydrogen-bond acceptors (Lipinski definition) is 3. The van der Waals surface area contributed by atoms with Crippen molar-refractivity contribution in [2.75, 3.05) is 31.5 Å². The lowest BCUT2D eigenvalue weighted by atomic mass is 9.88. The average Bonchev–Trinajstić information content (AvgIpc) is 2.66. The second-order valence-electron chi connectivity index (χ2n) is 7.44. The molecule has 1 aromatic carbocycles. The van der Waals surface area contributed by atoms with Crippen molar-refractivity contribution in [3.63, 3.8) is 0 Å². The molecule has 2 amide bonds. The van der Waals surface area contributed by atoms with Crippen LogP contribution < -0.4 is 5.32 Å². The molecule has 1 heterocycles. The Bertz CT molecular complexity index is 651. The van der Waals surface area contributed by atoms with Crippen LogP contribution in [0.2, 0.25) is 0 Å². The van der Waals surface area contributed by atoms with Gasteiger partial charge >= 0.3 is 0 Å². The van der Waals surface area contributed by atoms with Crippen LogP contribution in [0.15, 0.2) is 12.1 Å². The van der Waals surface area contributed by atoms with Crippen molar-refractivity contribution in [3.8, 4) is 0 Å². The third-order valence-corrected chi connectivity index (χ3v) is 5.73. The van der Waals surface area contributed by atoms with E-state index in [1.54, 1.807) is 0 Å². The summed E-state index contributed by atoms with van der Waals surface area (Å²) in [7, 11) is 0. The summed E-state index contributed by atoms with van der Waals surface area (Å²) in [5, 5.41) is 2.56. The van der Waals surface area contributed by atoms with Gasteiger partial charge in [0.05, 0.1) is 0 Å². The smallest absolute Gasteiger partial charge is 0.225 e. The first kappa shape index (κ1) is 18.8. The van der Waals surface area contributed by atoms with Crippen LogP contribution in [0.3, 0.4) is 0 Å². The van der Waals surface area contributed by atoms with E-state index >= 15 is 0 Å². The van der Waals surface area contributed by atoms with Gasteiger partial charge in [0.1, 0.15) is 5.82 Å². The molecule has 3 rings (SSSR count). The van der Waals surface area contributed by atoms with Crippen molar-refractivity contribution in [1.29, 1.82) is 0 Å². The molecule has 0 spiro atoms. The summed E-state index contributed by atoms with van der Waals surface area (Å²) in [5.41, 5.74) is 2.28. The van der Waals surface area contributed by atoms with Crippen molar-refractivity contribution in [1.82, 2.24) is 9.80 Å². The fourth-order valence-electron chi connectivity index (χ4n) is 4.09. The highest BCUT2D eigenvalue weighted by atomic mass is 19.1. The summed E-state index contributed by atoms with van der Waals surface area (Å²) in [6.45, 7) is 5.59. The predicted octanol–water partition coefficient (Wildman–Crippen LogP) is 2.93. The SMILES string of the molecule is Cc1c(CN2CCN(C(=O)C3CCCCC3)CC2)cc(F)cc1NC=O. The molecule has 0 unspecified atom stereocenters. The van der Waals surface area contributed by atoms with Crippen LogP contribution in [0, 0.1) is 18.7 Å². The number of hydrogen-bond donors (Lipinski definition) is 1. The second kappa shape index (κ2) is 8.62. The molecule has 0 radical (unpaired) electrons. The number of carbonyl (C=O) groups is 2. The molecule has 2 aliphatic rings. The molecular formula is C20H28FN3O2. The van der Waals surface area contributed by atoms with Gasteiger partial charge in [0.2, 0.25) is 12.3 Å². The van der Waals surface area contributed by atoms with Crippen molar-refractivity contribution in [3.05, 3.63) is 29.1 Å². The highest BCUT2D eigenvalue weighted by Gasteiger charge is 2.28. The number of halogens is 1. The minimum atomic E-state index is -0.346. The van der Waals surface area contributed by atoms with Gasteiger partial charge in [-0.05, 0) is 43.0 Å². The first-order chi connectivity index (χ1) is 12.6. The van der Waals surface area contributed by atoms with E-state index in [9.17, 15) is 14.0 Å². The summed E-state index contributed by atoms with van der Waals surface area (Å²) >= 11 is 0. The normalized spacial score (nSPS) is 19.4. The maximum Gasteiger partial charge on any atom is 0.225 e. The first-order valence-corrected chi connectivity index (χ1v) is 9.59. The van der Waals surface area contributed by atoms with E-state index in [4.69, 9.17) is 0 Å². The van der Waals surface area contributed by atoms with E-state index in [0.29, 0.717) is 24.5 Å². The number of piperazine rings is 1. The molecule has 1 aliphatic carbocycles. The van der Waals surface area contributed by atoms with Crippen LogP contribution in [0.1, 0.15) is 43.2 Å². The van der Waals surface area contributed by atoms with Gasteiger partial charge in [0.15, 0.2) is 0 Å². The summed E-state index contributed by atoms with van der Waals surface area (Å²) < 4.78 is 13.8. The van der Waals surface area contributed by atoms with Crippen LogP contribution in [-0.4, -0.2) is 48.3 Å². The zero-order valence-electron chi connectivity index (χ0n) is 15.5. The van der Waals surface area contributed by atoms with Crippen molar-refractivity contribution in [2.45, 2.75) is 45.6 Å². The molecule has 1 aromatic rings. The molecule has 6 heteroatoms. The van der Waals surface area contributed by atoms with Gasteiger partial charge in [-0.3, -0.25) is 14.5 Å². The zero-order chi connectivity index (χ0) is 18.5. The van der Waals surface area contributed by atoms with Crippen molar-refractivity contribution >= 4 is 18.0 Å². The largest absolute Gasteiger partial charge is 0.340 e. The van der Waals surface area contributed by atoms with E-state index in [0.717, 1.165) is 50.1 Å². The van der Waals surface area contributed by atoms with E-state index in [-0.39, 0.29) is 11.7 Å². The summed E-state index contributed by atoms with van der Waals surface area (Å²) in [6, 6.07) is 2.87. The Morgan fingerprint density at radius 1 is 1.19 bits per heavy atom. The number of amides is 2. The maximum absolute atomic E-state index is 13.8. The fourth-order valence-corrected chi connectivity index (χ4v) is 4.09. The molecule has 1 aliphatic heterocycles. The number of benzene rings is 1. The van der Waals surface area contributed by atoms with E-state index in [1.807, 2.05) is 11.8 Å². The number of rotatable bonds is 5. The van der Waals surface area contributed by atoms with Gasteiger partial charge in [-0.2, -0.15) is 0 Å². The Labute approximate surface area is 154 Å². The van der Waals surface area contributed by atoms with E-state index < -0.39 is 0 Å². The Morgan fingerprint density at radius 3 is 2.54 bits per heavy atom. The van der Waals surface area contributed by atoms with Gasteiger partial charge in [-0.15, -0.1) is 0 Å². The standard InChI is InChI=1S/C20H28FN3O2/c1-15-17(11-18(21)12-19(15)22-14-25)13-23-7-9-24(10-8-23)20(26)16-5-3-2-4-6-16/h11-12,14,16H,2-10,13H2,1H3,(H,22,25). The van der Waals surface area contributed by atoms with Gasteiger partial charge in [-0.25, -0.2) is 4.39 Å². The lowest BCUT2D eigenvalue weighted by Crippen LogP contribution is -2.50. The van der Waals surface area contributed by atoms with Crippen molar-refractivity contribution in [2.24, 2.45) is 5.92 Å². The Morgan fingerprint density at radius 2 is 1.88 bits per heavy atom. The Kier molecular flexibility index (Phi) is 6.25. The number of nitrogens with zero attached hydrogens (tertiary/aromatic N) is 2. The molecule has 142 valence electrons. The summed E-state index contributed by atoms with van der Waals surface area (Å²) in [4.78, 5) is 27.6. The van der Waals surface area contributed by atoms with Gasteiger partial charge < -0.3 is 10.2 Å². The molecular weight excluding hydrogens is 333 g/mol. The fraction of sp³-hybridized carbons (Fsp3) is 0.600. The molecule has 5 nitrogen and oxygen atoms in total. The molecule has 26 heavy (non-hydrogen) atoms. The van der Waals surface area contributed by atoms with Crippen LogP contribution in [0.4, 0.5) is 10.1 Å². The average molecular weight is 361 g/mol. The molecule has 0 atom stereocenters. The molecule has 0 aromatic heterocycles. The minimum absolute atomic E-state index is 0.220. The lowest BCUT2D eigenvalue weighted by Gasteiger charge is -2.37.